The highest BCUT2D eigenvalue weighted by molar-refractivity contribution is 7.98. The van der Waals surface area contributed by atoms with Crippen LogP contribution in [0.5, 0.6) is 0 Å². The average molecular weight is 476 g/mol. The number of amides is 3. The van der Waals surface area contributed by atoms with Gasteiger partial charge in [0.05, 0.1) is 6.04 Å². The fourth-order valence-corrected chi connectivity index (χ4v) is 2.98. The Labute approximate surface area is 192 Å². The second-order valence-corrected chi connectivity index (χ2v) is 8.68. The molecule has 4 atom stereocenters. The Morgan fingerprint density at radius 1 is 0.938 bits per heavy atom. The van der Waals surface area contributed by atoms with E-state index < -0.39 is 47.9 Å². The summed E-state index contributed by atoms with van der Waals surface area (Å²) in [5.41, 5.74) is 16.4. The lowest BCUT2D eigenvalue weighted by Gasteiger charge is -2.24. The van der Waals surface area contributed by atoms with E-state index >= 15 is 0 Å². The SMILES string of the molecule is CSCCC(NC(=O)C(C)NC(=O)C(CCCN=C(N)N)NC(=O)C(N)C(C)C)C(=O)O. The molecule has 0 aliphatic heterocycles. The van der Waals surface area contributed by atoms with E-state index in [0.717, 1.165) is 0 Å². The molecule has 0 rings (SSSR count). The molecule has 0 radical (unpaired) electrons. The Bertz CT molecular complexity index is 670. The highest BCUT2D eigenvalue weighted by Gasteiger charge is 2.28. The number of carboxylic acid groups (broad SMARTS) is 1. The molecule has 0 spiro atoms. The van der Waals surface area contributed by atoms with Crippen LogP contribution in [0, 0.1) is 5.92 Å². The molecule has 0 fully saturated rings. The summed E-state index contributed by atoms with van der Waals surface area (Å²) in [5, 5.41) is 16.8. The van der Waals surface area contributed by atoms with Gasteiger partial charge in [0.1, 0.15) is 18.1 Å². The summed E-state index contributed by atoms with van der Waals surface area (Å²) >= 11 is 1.46. The Hall–Kier alpha value is -2.54. The van der Waals surface area contributed by atoms with Crippen molar-refractivity contribution in [3.63, 3.8) is 0 Å². The van der Waals surface area contributed by atoms with Crippen molar-refractivity contribution in [1.29, 1.82) is 0 Å². The number of aliphatic carboxylic acids is 1. The minimum Gasteiger partial charge on any atom is -0.480 e. The standard InChI is InChI=1S/C19H37N7O5S/c1-10(2)14(20)17(29)25-12(6-5-8-23-19(21)22)16(28)24-11(3)15(27)26-13(18(30)31)7-9-32-4/h10-14H,5-9,20H2,1-4H3,(H,24,28)(H,25,29)(H,26,27)(H,30,31)(H4,21,22,23). The normalized spacial score (nSPS) is 14.6. The molecule has 32 heavy (non-hydrogen) atoms. The van der Waals surface area contributed by atoms with Gasteiger partial charge in [0, 0.05) is 6.54 Å². The van der Waals surface area contributed by atoms with E-state index in [9.17, 15) is 24.3 Å². The van der Waals surface area contributed by atoms with E-state index in [4.69, 9.17) is 17.2 Å². The number of aliphatic imine (C=N–C) groups is 1. The number of guanidine groups is 1. The zero-order chi connectivity index (χ0) is 24.8. The molecule has 0 aromatic rings. The topological polar surface area (TPSA) is 215 Å². The number of thioether (sulfide) groups is 1. The third-order valence-corrected chi connectivity index (χ3v) is 5.22. The number of nitrogens with one attached hydrogen (secondary N) is 3. The number of hydrogen-bond donors (Lipinski definition) is 7. The zero-order valence-electron chi connectivity index (χ0n) is 19.1. The summed E-state index contributed by atoms with van der Waals surface area (Å²) < 4.78 is 0. The van der Waals surface area contributed by atoms with Crippen LogP contribution >= 0.6 is 11.8 Å². The average Bonchev–Trinajstić information content (AvgIpc) is 2.71. The molecule has 4 unspecified atom stereocenters. The van der Waals surface area contributed by atoms with Crippen LogP contribution in [0.2, 0.25) is 0 Å². The van der Waals surface area contributed by atoms with Gasteiger partial charge in [-0.05, 0) is 44.1 Å². The van der Waals surface area contributed by atoms with Gasteiger partial charge >= 0.3 is 5.97 Å². The smallest absolute Gasteiger partial charge is 0.326 e. The van der Waals surface area contributed by atoms with Crippen molar-refractivity contribution in [1.82, 2.24) is 16.0 Å². The zero-order valence-corrected chi connectivity index (χ0v) is 19.9. The number of carbonyl (C=O) groups excluding carboxylic acids is 3. The van der Waals surface area contributed by atoms with Crippen LogP contribution < -0.4 is 33.2 Å². The van der Waals surface area contributed by atoms with Crippen LogP contribution in [0.25, 0.3) is 0 Å². The van der Waals surface area contributed by atoms with Gasteiger partial charge in [0.25, 0.3) is 0 Å². The summed E-state index contributed by atoms with van der Waals surface area (Å²) in [5.74, 6) is -2.57. The number of rotatable bonds is 15. The maximum Gasteiger partial charge on any atom is 0.326 e. The van der Waals surface area contributed by atoms with Crippen LogP contribution in [0.4, 0.5) is 0 Å². The van der Waals surface area contributed by atoms with Crippen LogP contribution in [-0.4, -0.2) is 77.5 Å². The molecule has 10 N–H and O–H groups in total. The molecule has 0 bridgehead atoms. The van der Waals surface area contributed by atoms with Gasteiger partial charge in [-0.2, -0.15) is 11.8 Å². The number of hydrogen-bond acceptors (Lipinski definition) is 7. The molecule has 0 saturated carbocycles. The Kier molecular flexibility index (Phi) is 14.1. The predicted octanol–water partition coefficient (Wildman–Crippen LogP) is -1.66. The van der Waals surface area contributed by atoms with Gasteiger partial charge in [0.2, 0.25) is 17.7 Å². The molecule has 0 aromatic carbocycles. The highest BCUT2D eigenvalue weighted by atomic mass is 32.2. The predicted molar refractivity (Wildman–Crippen MR) is 125 cm³/mol. The van der Waals surface area contributed by atoms with E-state index in [1.807, 2.05) is 6.26 Å². The lowest BCUT2D eigenvalue weighted by molar-refractivity contribution is -0.142. The summed E-state index contributed by atoms with van der Waals surface area (Å²) in [4.78, 5) is 52.7. The van der Waals surface area contributed by atoms with Crippen LogP contribution in [0.3, 0.4) is 0 Å². The second-order valence-electron chi connectivity index (χ2n) is 7.69. The molecular formula is C19H37N7O5S. The minimum absolute atomic E-state index is 0.0865. The van der Waals surface area contributed by atoms with E-state index in [0.29, 0.717) is 12.2 Å². The van der Waals surface area contributed by atoms with Crippen molar-refractivity contribution in [3.8, 4) is 0 Å². The maximum atomic E-state index is 12.8. The van der Waals surface area contributed by atoms with Gasteiger partial charge in [-0.15, -0.1) is 0 Å². The number of carbonyl (C=O) groups is 4. The van der Waals surface area contributed by atoms with E-state index in [2.05, 4.69) is 20.9 Å². The fourth-order valence-electron chi connectivity index (χ4n) is 2.51. The van der Waals surface area contributed by atoms with Gasteiger partial charge in [-0.1, -0.05) is 13.8 Å². The summed E-state index contributed by atoms with van der Waals surface area (Å²) in [6.45, 7) is 5.24. The molecule has 0 aliphatic carbocycles. The molecule has 13 heteroatoms. The third-order valence-electron chi connectivity index (χ3n) is 4.58. The molecule has 0 aliphatic rings. The lowest BCUT2D eigenvalue weighted by atomic mass is 10.0. The van der Waals surface area contributed by atoms with Crippen molar-refractivity contribution >= 4 is 41.4 Å². The molecule has 0 heterocycles. The number of nitrogens with zero attached hydrogens (tertiary/aromatic N) is 1. The fraction of sp³-hybridized carbons (Fsp3) is 0.737. The van der Waals surface area contributed by atoms with Crippen LogP contribution in [-0.2, 0) is 19.2 Å². The summed E-state index contributed by atoms with van der Waals surface area (Å²) in [6.07, 6.45) is 2.68. The molecule has 3 amide bonds. The summed E-state index contributed by atoms with van der Waals surface area (Å²) in [7, 11) is 0. The first-order valence-electron chi connectivity index (χ1n) is 10.3. The van der Waals surface area contributed by atoms with Crippen LogP contribution in [0.15, 0.2) is 4.99 Å². The first kappa shape index (κ1) is 29.5. The largest absolute Gasteiger partial charge is 0.480 e. The number of carboxylic acids is 1. The van der Waals surface area contributed by atoms with Gasteiger partial charge < -0.3 is 38.3 Å². The van der Waals surface area contributed by atoms with Crippen LogP contribution in [0.1, 0.15) is 40.0 Å². The highest BCUT2D eigenvalue weighted by Crippen LogP contribution is 2.05. The maximum absolute atomic E-state index is 12.8. The quantitative estimate of drug-likeness (QED) is 0.0817. The van der Waals surface area contributed by atoms with E-state index in [-0.39, 0.29) is 31.3 Å². The Balaban J connectivity index is 5.13. The number of nitrogens with two attached hydrogens (primary N) is 3. The van der Waals surface area contributed by atoms with Gasteiger partial charge in [-0.3, -0.25) is 19.4 Å². The van der Waals surface area contributed by atoms with E-state index in [1.54, 1.807) is 13.8 Å². The first-order chi connectivity index (χ1) is 14.9. The Morgan fingerprint density at radius 3 is 2.03 bits per heavy atom. The van der Waals surface area contributed by atoms with Crippen molar-refractivity contribution in [2.24, 2.45) is 28.1 Å². The molecule has 184 valence electrons. The molecule has 0 aromatic heterocycles. The molecular weight excluding hydrogens is 438 g/mol. The van der Waals surface area contributed by atoms with E-state index in [1.165, 1.54) is 18.7 Å². The van der Waals surface area contributed by atoms with Crippen molar-refractivity contribution < 1.29 is 24.3 Å². The lowest BCUT2D eigenvalue weighted by Crippen LogP contribution is -2.56. The van der Waals surface area contributed by atoms with Crippen molar-refractivity contribution in [2.45, 2.75) is 64.2 Å². The Morgan fingerprint density at radius 2 is 1.53 bits per heavy atom. The monoisotopic (exact) mass is 475 g/mol. The van der Waals surface area contributed by atoms with Gasteiger partial charge in [-0.25, -0.2) is 4.79 Å². The van der Waals surface area contributed by atoms with Crippen molar-refractivity contribution in [2.75, 3.05) is 18.6 Å². The molecule has 12 nitrogen and oxygen atoms in total. The second kappa shape index (κ2) is 15.3. The van der Waals surface area contributed by atoms with Crippen molar-refractivity contribution in [3.05, 3.63) is 0 Å². The summed E-state index contributed by atoms with van der Waals surface area (Å²) in [6, 6.07) is -3.86. The molecule has 0 saturated heterocycles. The minimum atomic E-state index is -1.15. The first-order valence-corrected chi connectivity index (χ1v) is 11.7. The third kappa shape index (κ3) is 11.7. The van der Waals surface area contributed by atoms with Gasteiger partial charge in [0.15, 0.2) is 5.96 Å².